The van der Waals surface area contributed by atoms with Crippen LogP contribution in [0.5, 0.6) is 0 Å². The maximum Gasteiger partial charge on any atom is 0.302 e. The van der Waals surface area contributed by atoms with Crippen LogP contribution in [0.3, 0.4) is 0 Å². The van der Waals surface area contributed by atoms with Crippen molar-refractivity contribution in [3.63, 3.8) is 0 Å². The molecule has 13 heteroatoms. The van der Waals surface area contributed by atoms with Gasteiger partial charge in [0.05, 0.1) is 6.04 Å². The molecule has 7 atom stereocenters. The number of unbranched alkanes of at least 4 members (excludes halogenated alkanes) is 3. The quantitative estimate of drug-likeness (QED) is 0.128. The van der Waals surface area contributed by atoms with Gasteiger partial charge in [0, 0.05) is 39.6 Å². The molecule has 0 aliphatic carbocycles. The summed E-state index contributed by atoms with van der Waals surface area (Å²) in [5.74, 6) is -4.07. The summed E-state index contributed by atoms with van der Waals surface area (Å²) in [5.41, 5.74) is 0. The molecule has 288 valence electrons. The monoisotopic (exact) mass is 717 g/mol. The first kappa shape index (κ1) is 43.4. The molecule has 1 fully saturated rings. The third-order valence-electron chi connectivity index (χ3n) is 9.98. The fourth-order valence-corrected chi connectivity index (χ4v) is 7.12. The lowest BCUT2D eigenvalue weighted by Crippen LogP contribution is -2.62. The summed E-state index contributed by atoms with van der Waals surface area (Å²) in [5, 5.41) is 2.79. The van der Waals surface area contributed by atoms with Crippen molar-refractivity contribution >= 4 is 41.4 Å². The number of ether oxygens (including phenoxy) is 1. The van der Waals surface area contributed by atoms with Crippen LogP contribution >= 0.6 is 0 Å². The largest absolute Gasteiger partial charge is 0.460 e. The molecular formula is C38H63N5O8. The summed E-state index contributed by atoms with van der Waals surface area (Å²) in [6, 6.07) is -4.60. The van der Waals surface area contributed by atoms with Crippen LogP contribution in [0.4, 0.5) is 0 Å². The maximum atomic E-state index is 14.3. The molecule has 1 saturated heterocycles. The van der Waals surface area contributed by atoms with Crippen LogP contribution in [0.1, 0.15) is 114 Å². The van der Waals surface area contributed by atoms with Gasteiger partial charge in [0.15, 0.2) is 0 Å². The van der Waals surface area contributed by atoms with Gasteiger partial charge < -0.3 is 24.8 Å². The van der Waals surface area contributed by atoms with Crippen LogP contribution in [0, 0.1) is 17.8 Å². The molecule has 0 spiro atoms. The van der Waals surface area contributed by atoms with Gasteiger partial charge in [-0.05, 0) is 51.4 Å². The van der Waals surface area contributed by atoms with Crippen molar-refractivity contribution in [1.82, 2.24) is 24.9 Å². The summed E-state index contributed by atoms with van der Waals surface area (Å²) in [6.07, 6.45) is 7.96. The molecule has 6 amide bonds. The number of nitrogens with zero attached hydrogens (tertiary/aromatic N) is 4. The van der Waals surface area contributed by atoms with Gasteiger partial charge in [-0.2, -0.15) is 0 Å². The van der Waals surface area contributed by atoms with E-state index in [4.69, 9.17) is 4.74 Å². The predicted molar refractivity (Wildman–Crippen MR) is 194 cm³/mol. The van der Waals surface area contributed by atoms with E-state index < -0.39 is 77.7 Å². The number of esters is 1. The fraction of sp³-hybridized carbons (Fsp3) is 0.763. The number of rotatable bonds is 18. The highest BCUT2D eigenvalue weighted by molar-refractivity contribution is 6.06. The Balaban J connectivity index is 2.37. The number of likely N-dealkylation sites (tertiary alicyclic amines) is 1. The lowest BCUT2D eigenvalue weighted by Gasteiger charge is -2.38. The SMILES string of the molecule is CCCCCCC(C)C(=O)N(C)C(CC(C)C)C(=O)NC(C(=O)N(C)C(C(=O)N1CCCC1C(=O)N1C(=O)C=CC1C)C(C)C)C(C)OC(C)=O. The van der Waals surface area contributed by atoms with Crippen molar-refractivity contribution < 1.29 is 38.3 Å². The third-order valence-corrected chi connectivity index (χ3v) is 9.98. The van der Waals surface area contributed by atoms with Crippen molar-refractivity contribution in [3.05, 3.63) is 12.2 Å². The van der Waals surface area contributed by atoms with Gasteiger partial charge in [-0.3, -0.25) is 38.5 Å². The first-order valence-corrected chi connectivity index (χ1v) is 18.7. The Morgan fingerprint density at radius 1 is 0.961 bits per heavy atom. The van der Waals surface area contributed by atoms with Crippen LogP contribution in [0.25, 0.3) is 0 Å². The Hall–Kier alpha value is -3.77. The van der Waals surface area contributed by atoms with Gasteiger partial charge in [0.1, 0.15) is 30.3 Å². The van der Waals surface area contributed by atoms with Crippen molar-refractivity contribution in [2.75, 3.05) is 20.6 Å². The molecule has 51 heavy (non-hydrogen) atoms. The van der Waals surface area contributed by atoms with Gasteiger partial charge in [0.25, 0.3) is 11.8 Å². The van der Waals surface area contributed by atoms with Crippen LogP contribution in [0.2, 0.25) is 0 Å². The number of hydrogen-bond donors (Lipinski definition) is 1. The summed E-state index contributed by atoms with van der Waals surface area (Å²) < 4.78 is 5.42. The first-order valence-electron chi connectivity index (χ1n) is 18.7. The molecule has 2 aliphatic rings. The van der Waals surface area contributed by atoms with Gasteiger partial charge in [-0.15, -0.1) is 0 Å². The van der Waals surface area contributed by atoms with E-state index in [0.29, 0.717) is 25.7 Å². The van der Waals surface area contributed by atoms with E-state index in [1.165, 1.54) is 41.7 Å². The van der Waals surface area contributed by atoms with Gasteiger partial charge >= 0.3 is 5.97 Å². The van der Waals surface area contributed by atoms with E-state index in [1.807, 2.05) is 20.8 Å². The van der Waals surface area contributed by atoms with Crippen LogP contribution in [-0.2, 0) is 38.3 Å². The van der Waals surface area contributed by atoms with E-state index in [2.05, 4.69) is 12.2 Å². The highest BCUT2D eigenvalue weighted by Crippen LogP contribution is 2.27. The number of nitrogens with one attached hydrogen (secondary N) is 1. The topological polar surface area (TPSA) is 154 Å². The zero-order valence-corrected chi connectivity index (χ0v) is 32.8. The molecule has 2 rings (SSSR count). The first-order chi connectivity index (χ1) is 23.8. The molecule has 0 saturated carbocycles. The second-order valence-corrected chi connectivity index (χ2v) is 15.1. The normalized spacial score (nSPS) is 20.2. The minimum absolute atomic E-state index is 0.0345. The van der Waals surface area contributed by atoms with Gasteiger partial charge in [-0.1, -0.05) is 73.3 Å². The molecule has 1 N–H and O–H groups in total. The molecule has 7 unspecified atom stereocenters. The fourth-order valence-electron chi connectivity index (χ4n) is 7.12. The van der Waals surface area contributed by atoms with E-state index in [1.54, 1.807) is 33.9 Å². The lowest BCUT2D eigenvalue weighted by molar-refractivity contribution is -0.157. The summed E-state index contributed by atoms with van der Waals surface area (Å²) >= 11 is 0. The lowest BCUT2D eigenvalue weighted by atomic mass is 9.96. The number of imide groups is 1. The smallest absolute Gasteiger partial charge is 0.302 e. The third kappa shape index (κ3) is 11.4. The Morgan fingerprint density at radius 2 is 1.61 bits per heavy atom. The number of hydrogen-bond acceptors (Lipinski definition) is 8. The Kier molecular flexibility index (Phi) is 16.8. The summed E-state index contributed by atoms with van der Waals surface area (Å²) in [7, 11) is 3.05. The zero-order valence-electron chi connectivity index (χ0n) is 32.8. The molecule has 2 heterocycles. The predicted octanol–water partition coefficient (Wildman–Crippen LogP) is 3.69. The van der Waals surface area contributed by atoms with Crippen LogP contribution in [-0.4, -0.2) is 118 Å². The minimum Gasteiger partial charge on any atom is -0.460 e. The highest BCUT2D eigenvalue weighted by Gasteiger charge is 2.46. The number of carbonyl (C=O) groups is 7. The average Bonchev–Trinajstić information content (AvgIpc) is 3.68. The van der Waals surface area contributed by atoms with E-state index in [0.717, 1.165) is 30.6 Å². The zero-order chi connectivity index (χ0) is 38.7. The van der Waals surface area contributed by atoms with Gasteiger partial charge in [-0.25, -0.2) is 0 Å². The molecule has 0 aromatic carbocycles. The standard InChI is InChI=1S/C38H63N5O8/c1-12-13-14-15-17-25(6)35(47)40(10)30(22-23(2)3)34(46)39-32(27(8)51-28(9)44)37(49)41(11)33(24(4)5)38(50)42-21-16-18-29(42)36(48)43-26(7)19-20-31(43)45/h19-20,23-27,29-30,32-33H,12-18,21-22H2,1-11H3,(H,39,46). The van der Waals surface area contributed by atoms with Crippen molar-refractivity contribution in [3.8, 4) is 0 Å². The highest BCUT2D eigenvalue weighted by atomic mass is 16.5. The van der Waals surface area contributed by atoms with Crippen LogP contribution < -0.4 is 5.32 Å². The second kappa shape index (κ2) is 19.7. The molecule has 0 bridgehead atoms. The number of likely N-dealkylation sites (N-methyl/N-ethyl adjacent to an activating group) is 2. The van der Waals surface area contributed by atoms with Crippen molar-refractivity contribution in [2.24, 2.45) is 17.8 Å². The Morgan fingerprint density at radius 3 is 2.14 bits per heavy atom. The Labute approximate surface area is 304 Å². The minimum atomic E-state index is -1.38. The van der Waals surface area contributed by atoms with E-state index in [9.17, 15) is 33.6 Å². The number of carbonyl (C=O) groups excluding carboxylic acids is 7. The van der Waals surface area contributed by atoms with E-state index >= 15 is 0 Å². The maximum absolute atomic E-state index is 14.3. The summed E-state index contributed by atoms with van der Waals surface area (Å²) in [4.78, 5) is 99.5. The molecule has 0 aromatic rings. The molecule has 0 aromatic heterocycles. The van der Waals surface area contributed by atoms with Crippen molar-refractivity contribution in [2.45, 2.75) is 150 Å². The van der Waals surface area contributed by atoms with Gasteiger partial charge in [0.2, 0.25) is 23.6 Å². The van der Waals surface area contributed by atoms with E-state index in [-0.39, 0.29) is 24.3 Å². The number of amides is 6. The van der Waals surface area contributed by atoms with Crippen molar-refractivity contribution in [1.29, 1.82) is 0 Å². The molecule has 0 radical (unpaired) electrons. The molecule has 2 aliphatic heterocycles. The summed E-state index contributed by atoms with van der Waals surface area (Å²) in [6.45, 7) is 16.1. The van der Waals surface area contributed by atoms with Crippen LogP contribution in [0.15, 0.2) is 12.2 Å². The second-order valence-electron chi connectivity index (χ2n) is 15.1. The molecule has 13 nitrogen and oxygen atoms in total. The molecular weight excluding hydrogens is 654 g/mol. The Bertz CT molecular complexity index is 1300. The average molecular weight is 718 g/mol.